The molecule has 0 aliphatic rings. The Bertz CT molecular complexity index is 572. The predicted molar refractivity (Wildman–Crippen MR) is 92.0 cm³/mol. The number of hydrogen-bond donors (Lipinski definition) is 1. The van der Waals surface area contributed by atoms with E-state index in [4.69, 9.17) is 0 Å². The van der Waals surface area contributed by atoms with Gasteiger partial charge in [-0.3, -0.25) is 0 Å². The summed E-state index contributed by atoms with van der Waals surface area (Å²) in [5, 5.41) is 4.95. The summed E-state index contributed by atoms with van der Waals surface area (Å²) in [6.07, 6.45) is 0. The largest absolute Gasteiger partial charge is 0.312 e. The molecule has 21 heavy (non-hydrogen) atoms. The quantitative estimate of drug-likeness (QED) is 0.826. The van der Waals surface area contributed by atoms with E-state index in [9.17, 15) is 0 Å². The summed E-state index contributed by atoms with van der Waals surface area (Å²) in [5.41, 5.74) is 4.98. The van der Waals surface area contributed by atoms with Crippen LogP contribution in [0.5, 0.6) is 0 Å². The van der Waals surface area contributed by atoms with Crippen molar-refractivity contribution in [2.45, 2.75) is 44.0 Å². The lowest BCUT2D eigenvalue weighted by molar-refractivity contribution is 0.588. The van der Waals surface area contributed by atoms with Gasteiger partial charge in [0.25, 0.3) is 0 Å². The molecule has 112 valence electrons. The van der Waals surface area contributed by atoms with Crippen LogP contribution in [0.15, 0.2) is 41.4 Å². The Labute approximate surface area is 132 Å². The van der Waals surface area contributed by atoms with E-state index in [0.717, 1.165) is 10.7 Å². The van der Waals surface area contributed by atoms with Gasteiger partial charge < -0.3 is 5.32 Å². The Morgan fingerprint density at radius 2 is 1.67 bits per heavy atom. The molecule has 0 bridgehead atoms. The van der Waals surface area contributed by atoms with Crippen molar-refractivity contribution in [3.63, 3.8) is 0 Å². The molecule has 1 aromatic heterocycles. The highest BCUT2D eigenvalue weighted by atomic mass is 32.2. The fourth-order valence-corrected chi connectivity index (χ4v) is 3.83. The number of hydrogen-bond acceptors (Lipinski definition) is 3. The molecule has 2 atom stereocenters. The minimum absolute atomic E-state index is 0.318. The lowest BCUT2D eigenvalue weighted by atomic mass is 10.0. The van der Waals surface area contributed by atoms with Gasteiger partial charge in [-0.2, -0.15) is 0 Å². The van der Waals surface area contributed by atoms with Gasteiger partial charge in [0.1, 0.15) is 0 Å². The lowest BCUT2D eigenvalue weighted by Crippen LogP contribution is -2.25. The molecule has 0 amide bonds. The molecule has 0 saturated heterocycles. The number of benzene rings is 1. The van der Waals surface area contributed by atoms with Crippen LogP contribution in [0.1, 0.15) is 35.3 Å². The van der Waals surface area contributed by atoms with Gasteiger partial charge in [-0.25, -0.2) is 4.98 Å². The SMILES string of the molecule is CNC(c1ccc(C)cc1)C(C)Sc1cc(C)cc(C)n1. The molecule has 1 aromatic carbocycles. The Hall–Kier alpha value is -1.32. The van der Waals surface area contributed by atoms with Gasteiger partial charge in [-0.15, -0.1) is 11.8 Å². The number of aryl methyl sites for hydroxylation is 3. The molecule has 1 N–H and O–H groups in total. The highest BCUT2D eigenvalue weighted by Crippen LogP contribution is 2.31. The summed E-state index contributed by atoms with van der Waals surface area (Å²) >= 11 is 1.83. The third kappa shape index (κ3) is 4.32. The summed E-state index contributed by atoms with van der Waals surface area (Å²) < 4.78 is 0. The maximum absolute atomic E-state index is 4.63. The molecule has 2 unspecified atom stereocenters. The van der Waals surface area contributed by atoms with Gasteiger partial charge >= 0.3 is 0 Å². The Kier molecular flexibility index (Phi) is 5.43. The zero-order valence-corrected chi connectivity index (χ0v) is 14.3. The van der Waals surface area contributed by atoms with E-state index >= 15 is 0 Å². The van der Waals surface area contributed by atoms with E-state index in [1.54, 1.807) is 0 Å². The second-order valence-electron chi connectivity index (χ2n) is 5.62. The Morgan fingerprint density at radius 3 is 2.24 bits per heavy atom. The summed E-state index contributed by atoms with van der Waals surface area (Å²) in [7, 11) is 2.02. The minimum atomic E-state index is 0.318. The van der Waals surface area contributed by atoms with Crippen molar-refractivity contribution in [2.75, 3.05) is 7.05 Å². The van der Waals surface area contributed by atoms with Gasteiger partial charge in [0.15, 0.2) is 0 Å². The van der Waals surface area contributed by atoms with Gasteiger partial charge in [0.05, 0.1) is 5.03 Å². The fraction of sp³-hybridized carbons (Fsp3) is 0.389. The first kappa shape index (κ1) is 16.1. The van der Waals surface area contributed by atoms with Gasteiger partial charge in [0.2, 0.25) is 0 Å². The predicted octanol–water partition coefficient (Wildman–Crippen LogP) is 4.45. The molecule has 0 radical (unpaired) electrons. The van der Waals surface area contributed by atoms with E-state index in [0.29, 0.717) is 11.3 Å². The molecule has 2 aromatic rings. The van der Waals surface area contributed by atoms with Gasteiger partial charge in [-0.1, -0.05) is 36.8 Å². The first-order valence-corrected chi connectivity index (χ1v) is 8.23. The second-order valence-corrected chi connectivity index (χ2v) is 7.02. The van der Waals surface area contributed by atoms with Crippen LogP contribution < -0.4 is 5.32 Å². The average Bonchev–Trinajstić information content (AvgIpc) is 2.40. The molecular formula is C18H24N2S. The standard InChI is InChI=1S/C18H24N2S/c1-12-6-8-16(9-7-12)18(19-5)15(4)21-17-11-13(2)10-14(3)20-17/h6-11,15,18-19H,1-5H3. The number of rotatable bonds is 5. The summed E-state index contributed by atoms with van der Waals surface area (Å²) in [4.78, 5) is 4.63. The fourth-order valence-electron chi connectivity index (χ4n) is 2.57. The molecule has 0 aliphatic heterocycles. The molecule has 2 nitrogen and oxygen atoms in total. The molecule has 2 rings (SSSR count). The van der Waals surface area contributed by atoms with E-state index in [1.165, 1.54) is 16.7 Å². The van der Waals surface area contributed by atoms with Crippen molar-refractivity contribution in [3.8, 4) is 0 Å². The van der Waals surface area contributed by atoms with Crippen LogP contribution in [-0.4, -0.2) is 17.3 Å². The number of nitrogens with zero attached hydrogens (tertiary/aromatic N) is 1. The second kappa shape index (κ2) is 7.10. The minimum Gasteiger partial charge on any atom is -0.312 e. The third-order valence-electron chi connectivity index (χ3n) is 3.60. The molecule has 3 heteroatoms. The molecule has 0 fully saturated rings. The van der Waals surface area contributed by atoms with Gasteiger partial charge in [-0.05, 0) is 51.1 Å². The molecule has 0 saturated carbocycles. The van der Waals surface area contributed by atoms with Crippen LogP contribution in [-0.2, 0) is 0 Å². The van der Waals surface area contributed by atoms with Crippen molar-refractivity contribution in [1.29, 1.82) is 0 Å². The zero-order chi connectivity index (χ0) is 15.4. The normalized spacial score (nSPS) is 14.0. The first-order valence-electron chi connectivity index (χ1n) is 7.35. The average molecular weight is 300 g/mol. The first-order chi connectivity index (χ1) is 9.99. The summed E-state index contributed by atoms with van der Waals surface area (Å²) in [5.74, 6) is 0. The van der Waals surface area contributed by atoms with E-state index in [2.05, 4.69) is 74.4 Å². The number of nitrogens with one attached hydrogen (secondary N) is 1. The number of thioether (sulfide) groups is 1. The Balaban J connectivity index is 2.16. The van der Waals surface area contributed by atoms with E-state index in [-0.39, 0.29) is 0 Å². The van der Waals surface area contributed by atoms with Crippen LogP contribution in [0.2, 0.25) is 0 Å². The lowest BCUT2D eigenvalue weighted by Gasteiger charge is -2.23. The van der Waals surface area contributed by atoms with Crippen molar-refractivity contribution in [2.24, 2.45) is 0 Å². The maximum atomic E-state index is 4.63. The summed E-state index contributed by atoms with van der Waals surface area (Å²) in [6, 6.07) is 13.4. The smallest absolute Gasteiger partial charge is 0.0968 e. The molecule has 1 heterocycles. The highest BCUT2D eigenvalue weighted by Gasteiger charge is 2.19. The third-order valence-corrected chi connectivity index (χ3v) is 4.69. The van der Waals surface area contributed by atoms with Crippen molar-refractivity contribution < 1.29 is 0 Å². The summed E-state index contributed by atoms with van der Waals surface area (Å²) in [6.45, 7) is 8.55. The molecule has 0 spiro atoms. The van der Waals surface area contributed by atoms with Crippen LogP contribution in [0.4, 0.5) is 0 Å². The zero-order valence-electron chi connectivity index (χ0n) is 13.5. The van der Waals surface area contributed by atoms with E-state index < -0.39 is 0 Å². The van der Waals surface area contributed by atoms with Crippen molar-refractivity contribution >= 4 is 11.8 Å². The maximum Gasteiger partial charge on any atom is 0.0968 e. The van der Waals surface area contributed by atoms with Crippen LogP contribution in [0, 0.1) is 20.8 Å². The van der Waals surface area contributed by atoms with Crippen LogP contribution in [0.3, 0.4) is 0 Å². The molecular weight excluding hydrogens is 276 g/mol. The van der Waals surface area contributed by atoms with E-state index in [1.807, 2.05) is 18.8 Å². The topological polar surface area (TPSA) is 24.9 Å². The van der Waals surface area contributed by atoms with Gasteiger partial charge in [0, 0.05) is 17.0 Å². The Morgan fingerprint density at radius 1 is 1.00 bits per heavy atom. The monoisotopic (exact) mass is 300 g/mol. The van der Waals surface area contributed by atoms with Crippen LogP contribution in [0.25, 0.3) is 0 Å². The number of aromatic nitrogens is 1. The number of pyridine rings is 1. The molecule has 0 aliphatic carbocycles. The van der Waals surface area contributed by atoms with Crippen molar-refractivity contribution in [3.05, 3.63) is 58.8 Å². The highest BCUT2D eigenvalue weighted by molar-refractivity contribution is 7.99. The van der Waals surface area contributed by atoms with Crippen molar-refractivity contribution in [1.82, 2.24) is 10.3 Å². The van der Waals surface area contributed by atoms with Crippen LogP contribution >= 0.6 is 11.8 Å².